The lowest BCUT2D eigenvalue weighted by Gasteiger charge is -2.14. The van der Waals surface area contributed by atoms with Crippen molar-refractivity contribution in [2.24, 2.45) is 5.73 Å². The number of aromatic nitrogens is 3. The van der Waals surface area contributed by atoms with E-state index in [-0.39, 0.29) is 33.2 Å². The molecule has 0 aromatic carbocycles. The number of esters is 1. The molecule has 192 valence electrons. The number of hydrogen-bond donors (Lipinski definition) is 2. The molecule has 0 bridgehead atoms. The van der Waals surface area contributed by atoms with Crippen LogP contribution < -0.4 is 11.1 Å². The molecular formula is C23H27N5O5S3. The minimum atomic E-state index is -0.674. The van der Waals surface area contributed by atoms with Gasteiger partial charge in [-0.25, -0.2) is 4.79 Å². The minimum absolute atomic E-state index is 0.0248. The first kappa shape index (κ1) is 26.3. The average molecular weight is 550 g/mol. The van der Waals surface area contributed by atoms with E-state index in [4.69, 9.17) is 15.2 Å². The number of thiophene rings is 2. The lowest BCUT2D eigenvalue weighted by molar-refractivity contribution is -0.113. The summed E-state index contributed by atoms with van der Waals surface area (Å²) in [7, 11) is 1.24. The number of anilines is 1. The molecule has 0 radical (unpaired) electrons. The summed E-state index contributed by atoms with van der Waals surface area (Å²) in [5, 5.41) is 14.4. The molecule has 13 heteroatoms. The topological polar surface area (TPSA) is 138 Å². The van der Waals surface area contributed by atoms with Crippen LogP contribution in [0.25, 0.3) is 11.4 Å². The van der Waals surface area contributed by atoms with Gasteiger partial charge < -0.3 is 20.5 Å². The van der Waals surface area contributed by atoms with Gasteiger partial charge in [0.05, 0.1) is 36.0 Å². The van der Waals surface area contributed by atoms with Crippen molar-refractivity contribution in [2.45, 2.75) is 50.9 Å². The second kappa shape index (κ2) is 11.5. The summed E-state index contributed by atoms with van der Waals surface area (Å²) in [6, 6.07) is 2.12. The van der Waals surface area contributed by atoms with Crippen molar-refractivity contribution in [1.82, 2.24) is 14.8 Å². The maximum atomic E-state index is 12.8. The van der Waals surface area contributed by atoms with Gasteiger partial charge in [0.2, 0.25) is 5.91 Å². The molecule has 4 heterocycles. The Morgan fingerprint density at radius 1 is 1.36 bits per heavy atom. The third-order valence-corrected chi connectivity index (χ3v) is 9.00. The van der Waals surface area contributed by atoms with E-state index in [1.54, 1.807) is 18.3 Å². The molecule has 3 aromatic rings. The Morgan fingerprint density at radius 3 is 2.81 bits per heavy atom. The van der Waals surface area contributed by atoms with Gasteiger partial charge in [0.25, 0.3) is 5.91 Å². The molecule has 3 aromatic heterocycles. The summed E-state index contributed by atoms with van der Waals surface area (Å²) in [4.78, 5) is 38.3. The fourth-order valence-electron chi connectivity index (χ4n) is 3.93. The fourth-order valence-corrected chi connectivity index (χ4v) is 6.55. The molecule has 10 nitrogen and oxygen atoms in total. The number of amides is 2. The summed E-state index contributed by atoms with van der Waals surface area (Å²) < 4.78 is 12.7. The van der Waals surface area contributed by atoms with E-state index < -0.39 is 11.9 Å². The van der Waals surface area contributed by atoms with E-state index in [1.807, 2.05) is 4.57 Å². The molecular weight excluding hydrogens is 522 g/mol. The van der Waals surface area contributed by atoms with Crippen LogP contribution in [0.3, 0.4) is 0 Å². The maximum absolute atomic E-state index is 12.8. The standard InChI is InChI=1S/C23H27N5O5S3/c1-4-15-8-13(10-34-15)20-26-27-23(28(20)9-14-6-5-7-33-14)35-11-16(29)25-21-17(22(31)32-3)12(2)18(36-21)19(24)30/h8,10,14H,4-7,9,11H2,1-3H3,(H2,24,30)(H,25,29). The van der Waals surface area contributed by atoms with E-state index >= 15 is 0 Å². The molecule has 2 amide bonds. The number of ether oxygens (including phenoxy) is 2. The SMILES string of the molecule is CCc1cc(-c2nnc(SCC(=O)Nc3sc(C(N)=O)c(C)c3C(=O)OC)n2CC2CCCO2)cs1. The Bertz CT molecular complexity index is 1280. The highest BCUT2D eigenvalue weighted by Crippen LogP contribution is 2.34. The number of nitrogens with one attached hydrogen (secondary N) is 1. The first-order valence-electron chi connectivity index (χ1n) is 11.4. The van der Waals surface area contributed by atoms with Gasteiger partial charge in [0, 0.05) is 22.4 Å². The number of methoxy groups -OCH3 is 1. The molecule has 1 saturated heterocycles. The van der Waals surface area contributed by atoms with E-state index in [0.29, 0.717) is 17.3 Å². The molecule has 4 rings (SSSR count). The maximum Gasteiger partial charge on any atom is 0.341 e. The second-order valence-electron chi connectivity index (χ2n) is 8.16. The predicted octanol–water partition coefficient (Wildman–Crippen LogP) is 3.73. The van der Waals surface area contributed by atoms with Crippen LogP contribution in [0.4, 0.5) is 5.00 Å². The summed E-state index contributed by atoms with van der Waals surface area (Å²) in [5.74, 6) is -0.914. The van der Waals surface area contributed by atoms with Gasteiger partial charge in [-0.1, -0.05) is 18.7 Å². The van der Waals surface area contributed by atoms with Gasteiger partial charge >= 0.3 is 5.97 Å². The van der Waals surface area contributed by atoms with Gasteiger partial charge in [-0.05, 0) is 37.8 Å². The Morgan fingerprint density at radius 2 is 2.17 bits per heavy atom. The third-order valence-electron chi connectivity index (χ3n) is 5.73. The Labute approximate surface area is 220 Å². The normalized spacial score (nSPS) is 15.2. The lowest BCUT2D eigenvalue weighted by Crippen LogP contribution is -2.18. The van der Waals surface area contributed by atoms with Gasteiger partial charge in [-0.15, -0.1) is 32.9 Å². The second-order valence-corrected chi connectivity index (χ2v) is 11.1. The zero-order chi connectivity index (χ0) is 25.8. The molecule has 1 unspecified atom stereocenters. The molecule has 0 saturated carbocycles. The van der Waals surface area contributed by atoms with Crippen LogP contribution in [0, 0.1) is 6.92 Å². The highest BCUT2D eigenvalue weighted by Gasteiger charge is 2.26. The van der Waals surface area contributed by atoms with Crippen LogP contribution in [-0.4, -0.2) is 58.1 Å². The van der Waals surface area contributed by atoms with Gasteiger partial charge in [0.15, 0.2) is 11.0 Å². The number of rotatable bonds is 10. The van der Waals surface area contributed by atoms with Crippen LogP contribution in [0.1, 0.15) is 50.2 Å². The number of hydrogen-bond acceptors (Lipinski definition) is 10. The van der Waals surface area contributed by atoms with Crippen molar-refractivity contribution in [3.8, 4) is 11.4 Å². The van der Waals surface area contributed by atoms with Crippen molar-refractivity contribution in [3.63, 3.8) is 0 Å². The van der Waals surface area contributed by atoms with Crippen LogP contribution in [0.2, 0.25) is 0 Å². The van der Waals surface area contributed by atoms with Crippen molar-refractivity contribution >= 4 is 57.2 Å². The van der Waals surface area contributed by atoms with Crippen molar-refractivity contribution in [3.05, 3.63) is 32.3 Å². The van der Waals surface area contributed by atoms with Crippen molar-refractivity contribution < 1.29 is 23.9 Å². The van der Waals surface area contributed by atoms with Crippen molar-refractivity contribution in [2.75, 3.05) is 24.8 Å². The number of nitrogens with zero attached hydrogens (tertiary/aromatic N) is 3. The molecule has 0 aliphatic carbocycles. The molecule has 1 aliphatic rings. The first-order chi connectivity index (χ1) is 17.3. The minimum Gasteiger partial charge on any atom is -0.465 e. The molecule has 1 aliphatic heterocycles. The van der Waals surface area contributed by atoms with E-state index in [0.717, 1.165) is 48.6 Å². The Balaban J connectivity index is 1.53. The molecule has 36 heavy (non-hydrogen) atoms. The fraction of sp³-hybridized carbons (Fsp3) is 0.435. The zero-order valence-electron chi connectivity index (χ0n) is 20.2. The number of thioether (sulfide) groups is 1. The van der Waals surface area contributed by atoms with Crippen molar-refractivity contribution in [1.29, 1.82) is 0 Å². The smallest absolute Gasteiger partial charge is 0.341 e. The van der Waals surface area contributed by atoms with Crippen LogP contribution >= 0.6 is 34.4 Å². The number of primary amides is 1. The first-order valence-corrected chi connectivity index (χ1v) is 14.1. The quantitative estimate of drug-likeness (QED) is 0.288. The molecule has 3 N–H and O–H groups in total. The molecule has 1 fully saturated rings. The Hall–Kier alpha value is -2.74. The summed E-state index contributed by atoms with van der Waals surface area (Å²) in [6.07, 6.45) is 2.99. The van der Waals surface area contributed by atoms with E-state index in [2.05, 4.69) is 33.9 Å². The highest BCUT2D eigenvalue weighted by atomic mass is 32.2. The van der Waals surface area contributed by atoms with Crippen LogP contribution in [-0.2, 0) is 27.2 Å². The van der Waals surface area contributed by atoms with Gasteiger partial charge in [-0.3, -0.25) is 14.2 Å². The Kier molecular flexibility index (Phi) is 8.44. The lowest BCUT2D eigenvalue weighted by atomic mass is 10.1. The summed E-state index contributed by atoms with van der Waals surface area (Å²) in [5.41, 5.74) is 6.93. The average Bonchev–Trinajstić information content (AvgIpc) is 3.65. The number of carbonyl (C=O) groups excluding carboxylic acids is 3. The van der Waals surface area contributed by atoms with Gasteiger partial charge in [-0.2, -0.15) is 0 Å². The largest absolute Gasteiger partial charge is 0.465 e. The number of aryl methyl sites for hydroxylation is 1. The van der Waals surface area contributed by atoms with E-state index in [9.17, 15) is 14.4 Å². The predicted molar refractivity (Wildman–Crippen MR) is 140 cm³/mol. The van der Waals surface area contributed by atoms with E-state index in [1.165, 1.54) is 23.7 Å². The molecule has 1 atom stereocenters. The monoisotopic (exact) mass is 549 g/mol. The summed E-state index contributed by atoms with van der Waals surface area (Å²) >= 11 is 3.88. The highest BCUT2D eigenvalue weighted by molar-refractivity contribution is 7.99. The van der Waals surface area contributed by atoms with Gasteiger partial charge in [0.1, 0.15) is 5.00 Å². The van der Waals surface area contributed by atoms with Crippen LogP contribution in [0.15, 0.2) is 16.6 Å². The van der Waals surface area contributed by atoms with Crippen LogP contribution in [0.5, 0.6) is 0 Å². The zero-order valence-corrected chi connectivity index (χ0v) is 22.6. The number of carbonyl (C=O) groups is 3. The third kappa shape index (κ3) is 5.64. The number of nitrogens with two attached hydrogens (primary N) is 1. The summed E-state index contributed by atoms with van der Waals surface area (Å²) in [6.45, 7) is 5.04. The molecule has 0 spiro atoms.